The molecule has 0 aromatic carbocycles. The fourth-order valence-corrected chi connectivity index (χ4v) is 1.43. The van der Waals surface area contributed by atoms with E-state index in [1.165, 1.54) is 19.3 Å². The lowest BCUT2D eigenvalue weighted by molar-refractivity contribution is 0.677. The van der Waals surface area contributed by atoms with Crippen LogP contribution in [0.4, 0.5) is 0 Å². The molecule has 4 heteroatoms. The monoisotopic (exact) mass is 200 g/mol. The van der Waals surface area contributed by atoms with E-state index < -0.39 is 6.42 Å². The molecule has 0 saturated heterocycles. The standard InChI is InChI=1S/C6H13Cl2NP/c1-2-3-4-5-6-9-10(7)8/h2-6H2,1H3/q+1. The van der Waals surface area contributed by atoms with Crippen LogP contribution in [0.15, 0.2) is 4.74 Å². The summed E-state index contributed by atoms with van der Waals surface area (Å²) in [6.45, 7) is 3.02. The number of unbranched alkanes of at least 4 members (excludes halogenated alkanes) is 3. The summed E-state index contributed by atoms with van der Waals surface area (Å²) in [6, 6.07) is 0. The third kappa shape index (κ3) is 8.68. The molecular formula is C6H13Cl2NP+. The van der Waals surface area contributed by atoms with E-state index in [0.717, 1.165) is 13.0 Å². The van der Waals surface area contributed by atoms with Gasteiger partial charge in [0.25, 0.3) is 0 Å². The molecule has 0 heterocycles. The van der Waals surface area contributed by atoms with Crippen molar-refractivity contribution < 1.29 is 0 Å². The fraction of sp³-hybridized carbons (Fsp3) is 1.00. The number of nitrogens with zero attached hydrogens (tertiary/aromatic N) is 1. The molecule has 0 bridgehead atoms. The van der Waals surface area contributed by atoms with Gasteiger partial charge in [-0.2, -0.15) is 0 Å². The Morgan fingerprint density at radius 2 is 1.90 bits per heavy atom. The van der Waals surface area contributed by atoms with Crippen LogP contribution in [0.25, 0.3) is 0 Å². The SMILES string of the molecule is CCCCCCN=[P+](Cl)Cl. The lowest BCUT2D eigenvalue weighted by Gasteiger charge is -1.90. The summed E-state index contributed by atoms with van der Waals surface area (Å²) in [7, 11) is 0. The predicted molar refractivity (Wildman–Crippen MR) is 50.1 cm³/mol. The van der Waals surface area contributed by atoms with Crippen LogP contribution in [0.2, 0.25) is 0 Å². The van der Waals surface area contributed by atoms with E-state index in [2.05, 4.69) is 11.7 Å². The molecular weight excluding hydrogens is 188 g/mol. The molecule has 0 atom stereocenters. The molecule has 1 nitrogen and oxygen atoms in total. The summed E-state index contributed by atoms with van der Waals surface area (Å²) in [6.07, 6.45) is 3.88. The Hall–Kier alpha value is 0.680. The van der Waals surface area contributed by atoms with Crippen molar-refractivity contribution in [3.05, 3.63) is 0 Å². The third-order valence-corrected chi connectivity index (χ3v) is 2.27. The molecule has 0 rings (SSSR count). The van der Waals surface area contributed by atoms with Crippen molar-refractivity contribution in [2.24, 2.45) is 4.74 Å². The van der Waals surface area contributed by atoms with Gasteiger partial charge in [-0.3, -0.25) is 0 Å². The van der Waals surface area contributed by atoms with E-state index in [-0.39, 0.29) is 0 Å². The Morgan fingerprint density at radius 1 is 1.20 bits per heavy atom. The highest BCUT2D eigenvalue weighted by Gasteiger charge is 1.99. The Balaban J connectivity index is 2.98. The molecule has 10 heavy (non-hydrogen) atoms. The second-order valence-corrected chi connectivity index (χ2v) is 5.29. The first-order valence-corrected chi connectivity index (χ1v) is 6.67. The van der Waals surface area contributed by atoms with E-state index >= 15 is 0 Å². The molecule has 0 aliphatic rings. The van der Waals surface area contributed by atoms with Gasteiger partial charge in [-0.05, 0) is 6.42 Å². The van der Waals surface area contributed by atoms with Crippen molar-refractivity contribution >= 4 is 28.9 Å². The molecule has 0 aromatic rings. The molecule has 0 unspecified atom stereocenters. The van der Waals surface area contributed by atoms with Crippen LogP contribution in [0.5, 0.6) is 0 Å². The first-order valence-electron chi connectivity index (χ1n) is 3.56. The zero-order chi connectivity index (χ0) is 7.82. The average Bonchev–Trinajstić information content (AvgIpc) is 1.87. The van der Waals surface area contributed by atoms with Gasteiger partial charge >= 0.3 is 6.42 Å². The van der Waals surface area contributed by atoms with Gasteiger partial charge < -0.3 is 0 Å². The minimum atomic E-state index is -1.05. The molecule has 0 radical (unpaired) electrons. The fourth-order valence-electron chi connectivity index (χ4n) is 0.685. The maximum Gasteiger partial charge on any atom is 0.438 e. The molecule has 0 saturated carbocycles. The largest absolute Gasteiger partial charge is 0.438 e. The Kier molecular flexibility index (Phi) is 8.31. The number of hydrogen-bond acceptors (Lipinski definition) is 1. The molecule has 0 aliphatic heterocycles. The molecule has 0 N–H and O–H groups in total. The van der Waals surface area contributed by atoms with Gasteiger partial charge in [0.15, 0.2) is 0 Å². The van der Waals surface area contributed by atoms with Crippen molar-refractivity contribution in [3.8, 4) is 0 Å². The molecule has 0 spiro atoms. The van der Waals surface area contributed by atoms with Crippen molar-refractivity contribution in [3.63, 3.8) is 0 Å². The third-order valence-electron chi connectivity index (χ3n) is 1.22. The van der Waals surface area contributed by atoms with Gasteiger partial charge in [0.05, 0.1) is 6.54 Å². The summed E-state index contributed by atoms with van der Waals surface area (Å²) in [5.41, 5.74) is 0. The highest BCUT2D eigenvalue weighted by atomic mass is 35.9. The van der Waals surface area contributed by atoms with Crippen LogP contribution < -0.4 is 0 Å². The van der Waals surface area contributed by atoms with E-state index in [9.17, 15) is 0 Å². The number of rotatable bonds is 5. The summed E-state index contributed by atoms with van der Waals surface area (Å²) in [5.74, 6) is 0. The van der Waals surface area contributed by atoms with Gasteiger partial charge in [-0.1, -0.05) is 30.9 Å². The van der Waals surface area contributed by atoms with E-state index in [0.29, 0.717) is 0 Å². The van der Waals surface area contributed by atoms with Crippen molar-refractivity contribution in [2.75, 3.05) is 6.54 Å². The number of hydrogen-bond donors (Lipinski definition) is 0. The summed E-state index contributed by atoms with van der Waals surface area (Å²) >= 11 is 10.9. The Bertz CT molecular complexity index is 102. The van der Waals surface area contributed by atoms with Crippen LogP contribution in [0, 0.1) is 0 Å². The quantitative estimate of drug-likeness (QED) is 0.457. The van der Waals surface area contributed by atoms with Crippen molar-refractivity contribution in [1.29, 1.82) is 0 Å². The van der Waals surface area contributed by atoms with Gasteiger partial charge in [0.1, 0.15) is 0 Å². The number of halogens is 2. The van der Waals surface area contributed by atoms with Crippen LogP contribution in [0.3, 0.4) is 0 Å². The van der Waals surface area contributed by atoms with Gasteiger partial charge in [0, 0.05) is 0 Å². The first kappa shape index (κ1) is 10.7. The van der Waals surface area contributed by atoms with Crippen LogP contribution in [0.1, 0.15) is 32.6 Å². The summed E-state index contributed by atoms with van der Waals surface area (Å²) in [4.78, 5) is 0. The zero-order valence-corrected chi connectivity index (χ0v) is 8.59. The minimum absolute atomic E-state index is 0.832. The molecule has 60 valence electrons. The van der Waals surface area contributed by atoms with E-state index in [1.54, 1.807) is 0 Å². The molecule has 0 aromatic heterocycles. The predicted octanol–water partition coefficient (Wildman–Crippen LogP) is 4.54. The van der Waals surface area contributed by atoms with E-state index in [4.69, 9.17) is 22.5 Å². The topological polar surface area (TPSA) is 12.4 Å². The maximum absolute atomic E-state index is 5.45. The lowest BCUT2D eigenvalue weighted by Crippen LogP contribution is -1.78. The van der Waals surface area contributed by atoms with Crippen molar-refractivity contribution in [1.82, 2.24) is 0 Å². The highest BCUT2D eigenvalue weighted by molar-refractivity contribution is 7.96. The lowest BCUT2D eigenvalue weighted by atomic mass is 10.2. The first-order chi connectivity index (χ1) is 4.77. The maximum atomic E-state index is 5.45. The summed E-state index contributed by atoms with van der Waals surface area (Å²) < 4.78 is 3.99. The minimum Gasteiger partial charge on any atom is -0.0749 e. The summed E-state index contributed by atoms with van der Waals surface area (Å²) in [5, 5.41) is 0. The average molecular weight is 201 g/mol. The van der Waals surface area contributed by atoms with Gasteiger partial charge in [0.2, 0.25) is 22.5 Å². The van der Waals surface area contributed by atoms with Gasteiger partial charge in [-0.15, -0.1) is 0 Å². The van der Waals surface area contributed by atoms with Crippen molar-refractivity contribution in [2.45, 2.75) is 32.6 Å². The van der Waals surface area contributed by atoms with Gasteiger partial charge in [-0.25, -0.2) is 0 Å². The Labute approximate surface area is 73.2 Å². The van der Waals surface area contributed by atoms with Crippen LogP contribution >= 0.6 is 28.9 Å². The van der Waals surface area contributed by atoms with Crippen LogP contribution in [-0.4, -0.2) is 6.54 Å². The highest BCUT2D eigenvalue weighted by Crippen LogP contribution is 2.36. The molecule has 0 fully saturated rings. The van der Waals surface area contributed by atoms with E-state index in [1.807, 2.05) is 0 Å². The molecule has 0 amide bonds. The zero-order valence-electron chi connectivity index (χ0n) is 6.19. The normalized spacial score (nSPS) is 9.50. The second-order valence-electron chi connectivity index (χ2n) is 2.14. The Morgan fingerprint density at radius 3 is 2.40 bits per heavy atom. The molecule has 0 aliphatic carbocycles. The second kappa shape index (κ2) is 7.78. The smallest absolute Gasteiger partial charge is 0.0749 e. The van der Waals surface area contributed by atoms with Crippen LogP contribution in [-0.2, 0) is 0 Å².